The number of nitrogens with one attached hydrogen (secondary N) is 1. The number of amides is 1. The van der Waals surface area contributed by atoms with Crippen molar-refractivity contribution < 1.29 is 38.0 Å². The van der Waals surface area contributed by atoms with Crippen molar-refractivity contribution >= 4 is 34.8 Å². The van der Waals surface area contributed by atoms with E-state index >= 15 is 0 Å². The van der Waals surface area contributed by atoms with E-state index in [9.17, 15) is 4.79 Å². The van der Waals surface area contributed by atoms with E-state index in [1.54, 1.807) is 18.2 Å². The minimum absolute atomic E-state index is 0. The average Bonchev–Trinajstić information content (AvgIpc) is 2.72. The first-order valence-electron chi connectivity index (χ1n) is 9.68. The summed E-state index contributed by atoms with van der Waals surface area (Å²) in [6, 6.07) is 13.6. The summed E-state index contributed by atoms with van der Waals surface area (Å²) in [6.07, 6.45) is 2.23. The van der Waals surface area contributed by atoms with Crippen LogP contribution in [-0.2, 0) is 11.3 Å². The van der Waals surface area contributed by atoms with Gasteiger partial charge in [-0.1, -0.05) is 35.3 Å². The molecule has 1 aliphatic rings. The zero-order valence-corrected chi connectivity index (χ0v) is 20.4. The molecule has 1 atom stereocenters. The van der Waals surface area contributed by atoms with Crippen LogP contribution in [0.2, 0.25) is 10.0 Å². The Kier molecular flexibility index (Phi) is 9.22. The number of nitrogens with zero attached hydrogens (tertiary/aromatic N) is 1. The lowest BCUT2D eigenvalue weighted by Crippen LogP contribution is -3.00. The van der Waals surface area contributed by atoms with E-state index in [0.717, 1.165) is 49.3 Å². The molecule has 0 radical (unpaired) electrons. The topological polar surface area (TPSA) is 38.3 Å². The molecular formula is C22H27Cl2IN2O2. The van der Waals surface area contributed by atoms with Gasteiger partial charge in [0.05, 0.1) is 42.9 Å². The molecule has 1 unspecified atom stereocenters. The predicted molar refractivity (Wildman–Crippen MR) is 115 cm³/mol. The standard InChI is InChI=1S/C22H26Cl2N2O2.HI/c1-3-26(2,19-10-12-28-13-11-19)15-16-4-7-18(8-5-16)25-22(27)17-6-9-20(23)21(24)14-17;/h4-9,14,19H,3,10-13,15H2,1-2H3;1H. The van der Waals surface area contributed by atoms with Crippen molar-refractivity contribution in [2.24, 2.45) is 0 Å². The van der Waals surface area contributed by atoms with Gasteiger partial charge in [-0.3, -0.25) is 4.79 Å². The third-order valence-electron chi connectivity index (χ3n) is 5.73. The minimum Gasteiger partial charge on any atom is -1.00 e. The summed E-state index contributed by atoms with van der Waals surface area (Å²) in [5.74, 6) is -0.206. The number of quaternary nitrogens is 1. The molecule has 4 nitrogen and oxygen atoms in total. The van der Waals surface area contributed by atoms with E-state index in [4.69, 9.17) is 27.9 Å². The molecular weight excluding hydrogens is 522 g/mol. The van der Waals surface area contributed by atoms with Gasteiger partial charge in [-0.25, -0.2) is 0 Å². The summed E-state index contributed by atoms with van der Waals surface area (Å²) in [7, 11) is 2.33. The highest BCUT2D eigenvalue weighted by atomic mass is 127. The molecule has 2 aromatic rings. The van der Waals surface area contributed by atoms with Crippen molar-refractivity contribution in [3.05, 3.63) is 63.6 Å². The fraction of sp³-hybridized carbons (Fsp3) is 0.409. The lowest BCUT2D eigenvalue weighted by Gasteiger charge is -2.42. The van der Waals surface area contributed by atoms with Gasteiger partial charge < -0.3 is 38.5 Å². The van der Waals surface area contributed by atoms with Gasteiger partial charge in [-0.05, 0) is 37.3 Å². The van der Waals surface area contributed by atoms with Crippen LogP contribution in [0.5, 0.6) is 0 Å². The van der Waals surface area contributed by atoms with Gasteiger partial charge in [0.1, 0.15) is 6.54 Å². The highest BCUT2D eigenvalue weighted by Gasteiger charge is 2.32. The molecule has 0 saturated carbocycles. The summed E-state index contributed by atoms with van der Waals surface area (Å²) < 4.78 is 6.54. The van der Waals surface area contributed by atoms with Crippen molar-refractivity contribution in [3.8, 4) is 0 Å². The van der Waals surface area contributed by atoms with Gasteiger partial charge in [0.25, 0.3) is 5.91 Å². The number of carbonyl (C=O) groups excluding carboxylic acids is 1. The van der Waals surface area contributed by atoms with Crippen LogP contribution in [0.15, 0.2) is 42.5 Å². The molecule has 3 rings (SSSR count). The third kappa shape index (κ3) is 6.31. The number of carbonyl (C=O) groups is 1. The van der Waals surface area contributed by atoms with E-state index in [1.807, 2.05) is 12.1 Å². The molecule has 0 bridgehead atoms. The van der Waals surface area contributed by atoms with Crippen molar-refractivity contribution in [2.75, 3.05) is 32.1 Å². The van der Waals surface area contributed by atoms with Gasteiger partial charge in [0.15, 0.2) is 0 Å². The number of benzene rings is 2. The number of hydrogen-bond donors (Lipinski definition) is 1. The maximum absolute atomic E-state index is 12.4. The zero-order valence-electron chi connectivity index (χ0n) is 16.8. The second-order valence-corrected chi connectivity index (χ2v) is 8.39. The van der Waals surface area contributed by atoms with Crippen molar-refractivity contribution in [1.82, 2.24) is 0 Å². The Labute approximate surface area is 200 Å². The maximum Gasteiger partial charge on any atom is 0.255 e. The largest absolute Gasteiger partial charge is 1.00 e. The Morgan fingerprint density at radius 1 is 1.10 bits per heavy atom. The Hall–Kier alpha value is -0.860. The molecule has 1 amide bonds. The van der Waals surface area contributed by atoms with E-state index in [0.29, 0.717) is 21.7 Å². The highest BCUT2D eigenvalue weighted by Crippen LogP contribution is 2.25. The SMILES string of the molecule is CC[N+](C)(Cc1ccc(NC(=O)c2ccc(Cl)c(Cl)c2)cc1)C1CCOCC1.[I-]. The van der Waals surface area contributed by atoms with Crippen LogP contribution in [-0.4, -0.2) is 43.2 Å². The number of rotatable bonds is 6. The van der Waals surface area contributed by atoms with Crippen LogP contribution in [0, 0.1) is 0 Å². The van der Waals surface area contributed by atoms with Gasteiger partial charge in [-0.2, -0.15) is 0 Å². The molecule has 1 N–H and O–H groups in total. The third-order valence-corrected chi connectivity index (χ3v) is 6.47. The first-order chi connectivity index (χ1) is 13.4. The molecule has 7 heteroatoms. The van der Waals surface area contributed by atoms with E-state index in [-0.39, 0.29) is 29.9 Å². The van der Waals surface area contributed by atoms with Crippen LogP contribution < -0.4 is 29.3 Å². The smallest absolute Gasteiger partial charge is 0.255 e. The number of hydrogen-bond acceptors (Lipinski definition) is 2. The van der Waals surface area contributed by atoms with Crippen molar-refractivity contribution in [1.29, 1.82) is 0 Å². The van der Waals surface area contributed by atoms with Gasteiger partial charge in [0, 0.05) is 29.7 Å². The molecule has 1 saturated heterocycles. The molecule has 29 heavy (non-hydrogen) atoms. The average molecular weight is 549 g/mol. The summed E-state index contributed by atoms with van der Waals surface area (Å²) in [5, 5.41) is 3.71. The lowest BCUT2D eigenvalue weighted by atomic mass is 10.0. The Morgan fingerprint density at radius 2 is 1.76 bits per heavy atom. The van der Waals surface area contributed by atoms with Crippen molar-refractivity contribution in [3.63, 3.8) is 0 Å². The van der Waals surface area contributed by atoms with E-state index in [1.165, 1.54) is 5.56 Å². The van der Waals surface area contributed by atoms with Gasteiger partial charge in [-0.15, -0.1) is 0 Å². The summed E-state index contributed by atoms with van der Waals surface area (Å²) in [4.78, 5) is 12.4. The van der Waals surface area contributed by atoms with Crippen LogP contribution in [0.4, 0.5) is 5.69 Å². The van der Waals surface area contributed by atoms with Crippen LogP contribution in [0.3, 0.4) is 0 Å². The number of anilines is 1. The molecule has 158 valence electrons. The van der Waals surface area contributed by atoms with Gasteiger partial charge in [0.2, 0.25) is 0 Å². The molecule has 2 aromatic carbocycles. The fourth-order valence-corrected chi connectivity index (χ4v) is 4.06. The summed E-state index contributed by atoms with van der Waals surface area (Å²) in [5.41, 5.74) is 2.51. The highest BCUT2D eigenvalue weighted by molar-refractivity contribution is 6.42. The Balaban J connectivity index is 0.00000300. The normalized spacial score (nSPS) is 16.6. The molecule has 0 aliphatic carbocycles. The Bertz CT molecular complexity index is 826. The molecule has 0 aromatic heterocycles. The molecule has 1 aliphatic heterocycles. The second kappa shape index (κ2) is 11.0. The fourth-order valence-electron chi connectivity index (χ4n) is 3.76. The Morgan fingerprint density at radius 3 is 2.34 bits per heavy atom. The van der Waals surface area contributed by atoms with Crippen LogP contribution >= 0.6 is 23.2 Å². The molecule has 1 heterocycles. The minimum atomic E-state index is -0.206. The van der Waals surface area contributed by atoms with Crippen molar-refractivity contribution in [2.45, 2.75) is 32.4 Å². The number of ether oxygens (including phenoxy) is 1. The van der Waals surface area contributed by atoms with Gasteiger partial charge >= 0.3 is 0 Å². The summed E-state index contributed by atoms with van der Waals surface area (Å²) >= 11 is 11.9. The summed E-state index contributed by atoms with van der Waals surface area (Å²) in [6.45, 7) is 6.03. The van der Waals surface area contributed by atoms with E-state index < -0.39 is 0 Å². The lowest BCUT2D eigenvalue weighted by molar-refractivity contribution is -0.946. The number of halogens is 3. The first-order valence-corrected chi connectivity index (χ1v) is 10.4. The van der Waals surface area contributed by atoms with Crippen LogP contribution in [0.1, 0.15) is 35.7 Å². The maximum atomic E-state index is 12.4. The van der Waals surface area contributed by atoms with E-state index in [2.05, 4.69) is 31.4 Å². The first kappa shape index (κ1) is 24.4. The van der Waals surface area contributed by atoms with Crippen LogP contribution in [0.25, 0.3) is 0 Å². The predicted octanol–water partition coefficient (Wildman–Crippen LogP) is 2.40. The molecule has 0 spiro atoms. The monoisotopic (exact) mass is 548 g/mol. The zero-order chi connectivity index (χ0) is 20.1. The molecule has 1 fully saturated rings. The second-order valence-electron chi connectivity index (χ2n) is 7.58. The quantitative estimate of drug-likeness (QED) is 0.445.